The van der Waals surface area contributed by atoms with Crippen LogP contribution in [0.25, 0.3) is 0 Å². The van der Waals surface area contributed by atoms with E-state index in [-0.39, 0.29) is 5.82 Å². The minimum absolute atomic E-state index is 0.282. The van der Waals surface area contributed by atoms with Crippen LogP contribution >= 0.6 is 0 Å². The van der Waals surface area contributed by atoms with E-state index in [0.717, 1.165) is 11.1 Å². The number of anilines is 1. The van der Waals surface area contributed by atoms with Crippen LogP contribution in [0.3, 0.4) is 0 Å². The van der Waals surface area contributed by atoms with Crippen molar-refractivity contribution in [2.75, 3.05) is 12.5 Å². The second-order valence-corrected chi connectivity index (χ2v) is 6.06. The first kappa shape index (κ1) is 18.5. The third-order valence-electron chi connectivity index (χ3n) is 3.95. The lowest BCUT2D eigenvalue weighted by Gasteiger charge is -2.11. The monoisotopic (exact) mass is 364 g/mol. The summed E-state index contributed by atoms with van der Waals surface area (Å²) in [6, 6.07) is 19.8. The highest BCUT2D eigenvalue weighted by Crippen LogP contribution is 2.28. The summed E-state index contributed by atoms with van der Waals surface area (Å²) in [5.74, 6) is 1.02. The summed E-state index contributed by atoms with van der Waals surface area (Å²) >= 11 is 0. The minimum Gasteiger partial charge on any atom is -0.493 e. The molecule has 1 N–H and O–H groups in total. The Balaban J connectivity index is 1.63. The van der Waals surface area contributed by atoms with Crippen LogP contribution in [0.2, 0.25) is 0 Å². The molecule has 0 radical (unpaired) electrons. The van der Waals surface area contributed by atoms with Gasteiger partial charge in [0.25, 0.3) is 0 Å². The highest BCUT2D eigenvalue weighted by Gasteiger charge is 2.05. The largest absolute Gasteiger partial charge is 0.493 e. The molecule has 4 nitrogen and oxygen atoms in total. The number of halogens is 1. The van der Waals surface area contributed by atoms with E-state index in [4.69, 9.17) is 9.47 Å². The normalized spacial score (nSPS) is 10.8. The molecule has 3 aromatic rings. The standard InChI is InChI=1S/C22H21FN2O2/c1-16-3-5-17(6-4-16)15-27-21-12-7-18(13-22(21)26-2)14-24-25-20-10-8-19(23)9-11-20/h3-14,25H,15H2,1-2H3/b24-14+. The maximum Gasteiger partial charge on any atom is 0.161 e. The molecule has 0 heterocycles. The van der Waals surface area contributed by atoms with Gasteiger partial charge in [-0.3, -0.25) is 5.43 Å². The summed E-state index contributed by atoms with van der Waals surface area (Å²) in [5, 5.41) is 4.15. The fourth-order valence-electron chi connectivity index (χ4n) is 2.43. The molecule has 0 fully saturated rings. The Morgan fingerprint density at radius 3 is 2.41 bits per heavy atom. The molecule has 27 heavy (non-hydrogen) atoms. The van der Waals surface area contributed by atoms with Gasteiger partial charge in [0, 0.05) is 0 Å². The molecule has 0 bridgehead atoms. The zero-order valence-corrected chi connectivity index (χ0v) is 15.3. The maximum absolute atomic E-state index is 12.9. The summed E-state index contributed by atoms with van der Waals surface area (Å²) in [5.41, 5.74) is 6.72. The summed E-state index contributed by atoms with van der Waals surface area (Å²) in [6.07, 6.45) is 1.66. The molecular formula is C22H21FN2O2. The van der Waals surface area contributed by atoms with Gasteiger partial charge in [0.1, 0.15) is 12.4 Å². The topological polar surface area (TPSA) is 42.8 Å². The molecule has 0 atom stereocenters. The molecule has 138 valence electrons. The zero-order valence-electron chi connectivity index (χ0n) is 15.3. The molecule has 3 aromatic carbocycles. The third-order valence-corrected chi connectivity index (χ3v) is 3.95. The second-order valence-electron chi connectivity index (χ2n) is 6.06. The van der Waals surface area contributed by atoms with Crippen molar-refractivity contribution in [3.63, 3.8) is 0 Å². The van der Waals surface area contributed by atoms with Crippen molar-refractivity contribution >= 4 is 11.9 Å². The van der Waals surface area contributed by atoms with Gasteiger partial charge in [-0.15, -0.1) is 0 Å². The van der Waals surface area contributed by atoms with Crippen LogP contribution < -0.4 is 14.9 Å². The van der Waals surface area contributed by atoms with E-state index in [1.165, 1.54) is 17.7 Å². The number of hydrogen-bond donors (Lipinski definition) is 1. The number of hydrazone groups is 1. The number of rotatable bonds is 7. The number of benzene rings is 3. The SMILES string of the molecule is COc1cc(/C=N/Nc2ccc(F)cc2)ccc1OCc1ccc(C)cc1. The van der Waals surface area contributed by atoms with Crippen molar-refractivity contribution in [3.05, 3.63) is 89.2 Å². The highest BCUT2D eigenvalue weighted by atomic mass is 19.1. The van der Waals surface area contributed by atoms with Crippen LogP contribution in [0.15, 0.2) is 71.8 Å². The summed E-state index contributed by atoms with van der Waals surface area (Å²) in [7, 11) is 1.60. The lowest BCUT2D eigenvalue weighted by atomic mass is 10.2. The fourth-order valence-corrected chi connectivity index (χ4v) is 2.43. The van der Waals surface area contributed by atoms with Crippen molar-refractivity contribution in [3.8, 4) is 11.5 Å². The first-order valence-electron chi connectivity index (χ1n) is 8.55. The first-order valence-corrected chi connectivity index (χ1v) is 8.55. The number of ether oxygens (including phenoxy) is 2. The smallest absolute Gasteiger partial charge is 0.161 e. The molecule has 3 rings (SSSR count). The minimum atomic E-state index is -0.282. The molecule has 0 spiro atoms. The van der Waals surface area contributed by atoms with Gasteiger partial charge in [-0.25, -0.2) is 4.39 Å². The number of methoxy groups -OCH3 is 1. The van der Waals surface area contributed by atoms with E-state index < -0.39 is 0 Å². The molecule has 0 aliphatic heterocycles. The van der Waals surface area contributed by atoms with Crippen LogP contribution in [-0.4, -0.2) is 13.3 Å². The van der Waals surface area contributed by atoms with Gasteiger partial charge in [0.05, 0.1) is 19.0 Å². The first-order chi connectivity index (χ1) is 13.1. The summed E-state index contributed by atoms with van der Waals surface area (Å²) < 4.78 is 24.2. The van der Waals surface area contributed by atoms with Gasteiger partial charge in [0.15, 0.2) is 11.5 Å². The fraction of sp³-hybridized carbons (Fsp3) is 0.136. The van der Waals surface area contributed by atoms with Gasteiger partial charge < -0.3 is 9.47 Å². The Kier molecular flexibility index (Phi) is 6.05. The second kappa shape index (κ2) is 8.85. The predicted octanol–water partition coefficient (Wildman–Crippen LogP) is 5.17. The van der Waals surface area contributed by atoms with E-state index in [9.17, 15) is 4.39 Å². The van der Waals surface area contributed by atoms with Crippen molar-refractivity contribution in [1.29, 1.82) is 0 Å². The van der Waals surface area contributed by atoms with Crippen molar-refractivity contribution < 1.29 is 13.9 Å². The van der Waals surface area contributed by atoms with Crippen LogP contribution in [0, 0.1) is 12.7 Å². The van der Waals surface area contributed by atoms with Crippen LogP contribution in [-0.2, 0) is 6.61 Å². The Morgan fingerprint density at radius 1 is 0.963 bits per heavy atom. The zero-order chi connectivity index (χ0) is 19.1. The van der Waals surface area contributed by atoms with E-state index in [1.54, 1.807) is 25.5 Å². The molecule has 0 amide bonds. The number of nitrogens with one attached hydrogen (secondary N) is 1. The van der Waals surface area contributed by atoms with Crippen molar-refractivity contribution in [2.45, 2.75) is 13.5 Å². The average Bonchev–Trinajstić information content (AvgIpc) is 2.69. The highest BCUT2D eigenvalue weighted by molar-refractivity contribution is 5.81. The van der Waals surface area contributed by atoms with E-state index in [2.05, 4.69) is 29.6 Å². The van der Waals surface area contributed by atoms with Gasteiger partial charge in [-0.05, 0) is 60.5 Å². The van der Waals surface area contributed by atoms with Crippen LogP contribution in [0.5, 0.6) is 11.5 Å². The number of hydrogen-bond acceptors (Lipinski definition) is 4. The van der Waals surface area contributed by atoms with E-state index >= 15 is 0 Å². The molecule has 0 unspecified atom stereocenters. The quantitative estimate of drug-likeness (QED) is 0.465. The van der Waals surface area contributed by atoms with E-state index in [0.29, 0.717) is 23.8 Å². The van der Waals surface area contributed by atoms with E-state index in [1.807, 2.05) is 30.3 Å². The molecule has 5 heteroatoms. The number of nitrogens with zero attached hydrogens (tertiary/aromatic N) is 1. The number of aryl methyl sites for hydroxylation is 1. The van der Waals surface area contributed by atoms with Crippen LogP contribution in [0.4, 0.5) is 10.1 Å². The van der Waals surface area contributed by atoms with Gasteiger partial charge in [-0.1, -0.05) is 29.8 Å². The molecule has 0 saturated carbocycles. The van der Waals surface area contributed by atoms with Gasteiger partial charge in [0.2, 0.25) is 0 Å². The Hall–Kier alpha value is -3.34. The summed E-state index contributed by atoms with van der Waals surface area (Å²) in [4.78, 5) is 0. The molecule has 0 aliphatic rings. The predicted molar refractivity (Wildman–Crippen MR) is 106 cm³/mol. The average molecular weight is 364 g/mol. The molecule has 0 aromatic heterocycles. The van der Waals surface area contributed by atoms with Crippen LogP contribution in [0.1, 0.15) is 16.7 Å². The maximum atomic E-state index is 12.9. The molecule has 0 saturated heterocycles. The molecular weight excluding hydrogens is 343 g/mol. The molecule has 0 aliphatic carbocycles. The summed E-state index contributed by atoms with van der Waals surface area (Å²) in [6.45, 7) is 2.52. The van der Waals surface area contributed by atoms with Gasteiger partial charge >= 0.3 is 0 Å². The third kappa shape index (κ3) is 5.31. The lowest BCUT2D eigenvalue weighted by Crippen LogP contribution is -1.99. The Bertz CT molecular complexity index is 907. The van der Waals surface area contributed by atoms with Gasteiger partial charge in [-0.2, -0.15) is 5.10 Å². The van der Waals surface area contributed by atoms with Crippen molar-refractivity contribution in [1.82, 2.24) is 0 Å². The Labute approximate surface area is 158 Å². The lowest BCUT2D eigenvalue weighted by molar-refractivity contribution is 0.284. The van der Waals surface area contributed by atoms with Crippen molar-refractivity contribution in [2.24, 2.45) is 5.10 Å². The Morgan fingerprint density at radius 2 is 1.70 bits per heavy atom.